The van der Waals surface area contributed by atoms with Crippen LogP contribution in [0.1, 0.15) is 15.9 Å². The number of benzene rings is 3. The van der Waals surface area contributed by atoms with Gasteiger partial charge in [0, 0.05) is 16.5 Å². The van der Waals surface area contributed by atoms with Gasteiger partial charge < -0.3 is 16.0 Å². The Balaban J connectivity index is 1.26. The fourth-order valence-corrected chi connectivity index (χ4v) is 4.33. The molecule has 5 aromatic rings. The molecule has 0 aliphatic carbocycles. The lowest BCUT2D eigenvalue weighted by atomic mass is 10.0. The number of carbonyl (C=O) groups excluding carboxylic acids is 2. The highest BCUT2D eigenvalue weighted by molar-refractivity contribution is 7.08. The fourth-order valence-electron chi connectivity index (χ4n) is 3.70. The topological polar surface area (TPSA) is 98.9 Å². The summed E-state index contributed by atoms with van der Waals surface area (Å²) in [7, 11) is 0. The molecule has 0 atom stereocenters. The maximum Gasteiger partial charge on any atom is 0.416 e. The lowest BCUT2D eigenvalue weighted by Gasteiger charge is -2.12. The monoisotopic (exact) mass is 539 g/mol. The summed E-state index contributed by atoms with van der Waals surface area (Å²) in [4.78, 5) is 24.6. The number of hydrogen-bond acceptors (Lipinski definition) is 4. The van der Waals surface area contributed by atoms with Crippen LogP contribution in [0.25, 0.3) is 22.0 Å². The van der Waals surface area contributed by atoms with E-state index in [4.69, 9.17) is 0 Å². The van der Waals surface area contributed by atoms with Crippen LogP contribution in [-0.2, 0) is 6.18 Å². The van der Waals surface area contributed by atoms with Crippen LogP contribution in [0, 0.1) is 5.82 Å². The summed E-state index contributed by atoms with van der Waals surface area (Å²) in [5.74, 6) is -0.843. The number of alkyl halides is 3. The predicted octanol–water partition coefficient (Wildman–Crippen LogP) is 7.35. The first-order valence-corrected chi connectivity index (χ1v) is 12.0. The molecule has 0 aliphatic heterocycles. The molecule has 0 saturated heterocycles. The molecule has 0 aliphatic rings. The number of carbonyl (C=O) groups is 2. The van der Waals surface area contributed by atoms with Gasteiger partial charge in [0.05, 0.1) is 22.3 Å². The van der Waals surface area contributed by atoms with Gasteiger partial charge in [0.1, 0.15) is 5.82 Å². The van der Waals surface area contributed by atoms with Crippen LogP contribution >= 0.6 is 11.3 Å². The van der Waals surface area contributed by atoms with E-state index in [0.29, 0.717) is 40.8 Å². The summed E-state index contributed by atoms with van der Waals surface area (Å²) >= 11 is 1.42. The Hall–Kier alpha value is -4.71. The third-order valence-electron chi connectivity index (χ3n) is 5.60. The molecule has 0 fully saturated rings. The fraction of sp³-hybridized carbons (Fsp3) is 0.0385. The summed E-state index contributed by atoms with van der Waals surface area (Å²) in [5, 5.41) is 18.7. The van der Waals surface area contributed by atoms with Gasteiger partial charge in [-0.05, 0) is 65.0 Å². The van der Waals surface area contributed by atoms with Crippen molar-refractivity contribution in [2.45, 2.75) is 6.18 Å². The van der Waals surface area contributed by atoms with E-state index in [1.807, 2.05) is 23.6 Å². The number of urea groups is 1. The van der Waals surface area contributed by atoms with Gasteiger partial charge in [-0.3, -0.25) is 9.89 Å². The number of nitrogens with one attached hydrogen (secondary N) is 4. The number of hydrogen-bond donors (Lipinski definition) is 4. The van der Waals surface area contributed by atoms with Crippen molar-refractivity contribution < 1.29 is 27.2 Å². The van der Waals surface area contributed by atoms with Gasteiger partial charge >= 0.3 is 12.2 Å². The third-order valence-corrected chi connectivity index (χ3v) is 6.28. The number of nitrogens with zero attached hydrogens (tertiary/aromatic N) is 1. The average Bonchev–Trinajstić information content (AvgIpc) is 3.56. The van der Waals surface area contributed by atoms with E-state index in [2.05, 4.69) is 26.1 Å². The number of rotatable bonds is 5. The summed E-state index contributed by atoms with van der Waals surface area (Å²) in [6.07, 6.45) is -4.67. The Morgan fingerprint density at radius 2 is 1.63 bits per heavy atom. The number of anilines is 3. The van der Waals surface area contributed by atoms with Crippen molar-refractivity contribution in [2.24, 2.45) is 0 Å². The predicted molar refractivity (Wildman–Crippen MR) is 138 cm³/mol. The van der Waals surface area contributed by atoms with Gasteiger partial charge in [-0.2, -0.15) is 29.6 Å². The quantitative estimate of drug-likeness (QED) is 0.176. The lowest BCUT2D eigenvalue weighted by molar-refractivity contribution is -0.137. The van der Waals surface area contributed by atoms with Crippen molar-refractivity contribution in [1.82, 2.24) is 10.2 Å². The summed E-state index contributed by atoms with van der Waals surface area (Å²) in [6.45, 7) is 0. The van der Waals surface area contributed by atoms with Crippen LogP contribution in [0.5, 0.6) is 0 Å². The maximum absolute atomic E-state index is 13.9. The van der Waals surface area contributed by atoms with Gasteiger partial charge in [0.25, 0.3) is 5.91 Å². The molecule has 3 amide bonds. The minimum atomic E-state index is -4.67. The molecule has 0 bridgehead atoms. The number of halogens is 4. The lowest BCUT2D eigenvalue weighted by Crippen LogP contribution is -2.20. The first kappa shape index (κ1) is 25.0. The first-order valence-electron chi connectivity index (χ1n) is 11.0. The zero-order chi connectivity index (χ0) is 26.9. The van der Waals surface area contributed by atoms with Crippen LogP contribution in [0.3, 0.4) is 0 Å². The number of fused-ring (bicyclic) bond motifs is 1. The Labute approximate surface area is 216 Å². The second-order valence-corrected chi connectivity index (χ2v) is 8.93. The summed E-state index contributed by atoms with van der Waals surface area (Å²) in [5.41, 5.74) is 1.56. The molecule has 4 N–H and O–H groups in total. The molecule has 38 heavy (non-hydrogen) atoms. The van der Waals surface area contributed by atoms with Crippen LogP contribution in [0.2, 0.25) is 0 Å². The largest absolute Gasteiger partial charge is 0.416 e. The molecular weight excluding hydrogens is 522 g/mol. The first-order chi connectivity index (χ1) is 18.2. The Morgan fingerprint density at radius 3 is 2.34 bits per heavy atom. The van der Waals surface area contributed by atoms with E-state index in [0.717, 1.165) is 16.5 Å². The standard InChI is InChI=1S/C26H17F4N5O2S/c27-20-8-4-17(26(28,29)30)12-22(20)32-25(37)31-18-5-1-14(2-6-18)15-3-7-19-21(11-15)34-35-23(19)33-24(36)16-9-10-38-13-16/h1-13H,(H2,31,32,37)(H2,33,34,35,36). The Kier molecular flexibility index (Phi) is 6.55. The van der Waals surface area contributed by atoms with Crippen molar-refractivity contribution in [3.63, 3.8) is 0 Å². The van der Waals surface area contributed by atoms with Gasteiger partial charge in [0.15, 0.2) is 5.82 Å². The van der Waals surface area contributed by atoms with E-state index in [1.54, 1.807) is 35.7 Å². The SMILES string of the molecule is O=C(Nc1ccc(-c2ccc3c(NC(=O)c4ccsc4)n[nH]c3c2)cc1)Nc1cc(C(F)(F)F)ccc1F. The zero-order valence-electron chi connectivity index (χ0n) is 19.2. The maximum atomic E-state index is 13.9. The van der Waals surface area contributed by atoms with Gasteiger partial charge in [-0.25, -0.2) is 9.18 Å². The van der Waals surface area contributed by atoms with Crippen molar-refractivity contribution in [1.29, 1.82) is 0 Å². The second kappa shape index (κ2) is 9.98. The highest BCUT2D eigenvalue weighted by Crippen LogP contribution is 2.32. The molecule has 0 saturated carbocycles. The smallest absolute Gasteiger partial charge is 0.308 e. The molecule has 3 aromatic carbocycles. The number of thiophene rings is 1. The minimum Gasteiger partial charge on any atom is -0.308 e. The van der Waals surface area contributed by atoms with Crippen molar-refractivity contribution in [3.8, 4) is 11.1 Å². The van der Waals surface area contributed by atoms with Crippen molar-refractivity contribution in [2.75, 3.05) is 16.0 Å². The molecule has 0 spiro atoms. The van der Waals surface area contributed by atoms with Gasteiger partial charge in [-0.15, -0.1) is 0 Å². The van der Waals surface area contributed by atoms with E-state index in [1.165, 1.54) is 11.3 Å². The molecule has 2 aromatic heterocycles. The molecule has 192 valence electrons. The van der Waals surface area contributed by atoms with E-state index < -0.39 is 29.3 Å². The number of aromatic nitrogens is 2. The summed E-state index contributed by atoms with van der Waals surface area (Å²) in [6, 6.07) is 14.8. The van der Waals surface area contributed by atoms with Gasteiger partial charge in [-0.1, -0.05) is 18.2 Å². The third kappa shape index (κ3) is 5.34. The Morgan fingerprint density at radius 1 is 0.868 bits per heavy atom. The normalized spacial score (nSPS) is 11.4. The summed E-state index contributed by atoms with van der Waals surface area (Å²) < 4.78 is 52.5. The van der Waals surface area contributed by atoms with Crippen LogP contribution < -0.4 is 16.0 Å². The Bertz CT molecular complexity index is 1630. The molecule has 0 radical (unpaired) electrons. The van der Waals surface area contributed by atoms with Crippen LogP contribution in [0.15, 0.2) is 77.5 Å². The zero-order valence-corrected chi connectivity index (χ0v) is 20.0. The minimum absolute atomic E-state index is 0.258. The molecular formula is C26H17F4N5O2S. The molecule has 12 heteroatoms. The molecule has 7 nitrogen and oxygen atoms in total. The van der Waals surface area contributed by atoms with E-state index in [9.17, 15) is 27.2 Å². The number of aromatic amines is 1. The van der Waals surface area contributed by atoms with Crippen LogP contribution in [0.4, 0.5) is 39.5 Å². The van der Waals surface area contributed by atoms with Crippen molar-refractivity contribution in [3.05, 3.63) is 94.4 Å². The van der Waals surface area contributed by atoms with E-state index >= 15 is 0 Å². The number of amides is 3. The van der Waals surface area contributed by atoms with Crippen LogP contribution in [-0.4, -0.2) is 22.1 Å². The highest BCUT2D eigenvalue weighted by Gasteiger charge is 2.31. The van der Waals surface area contributed by atoms with Crippen molar-refractivity contribution >= 4 is 51.4 Å². The molecule has 5 rings (SSSR count). The second-order valence-electron chi connectivity index (χ2n) is 8.15. The molecule has 0 unspecified atom stereocenters. The molecule has 2 heterocycles. The number of H-pyrrole nitrogens is 1. The average molecular weight is 540 g/mol. The highest BCUT2D eigenvalue weighted by atomic mass is 32.1. The van der Waals surface area contributed by atoms with E-state index in [-0.39, 0.29) is 5.91 Å². The van der Waals surface area contributed by atoms with Gasteiger partial charge in [0.2, 0.25) is 0 Å².